The maximum Gasteiger partial charge on any atom is 1.00 e. The van der Waals surface area contributed by atoms with Gasteiger partial charge in [-0.1, -0.05) is 12.1 Å². The van der Waals surface area contributed by atoms with E-state index in [4.69, 9.17) is 0 Å². The van der Waals surface area contributed by atoms with E-state index in [2.05, 4.69) is 0 Å². The Labute approximate surface area is 132 Å². The monoisotopic (exact) mass is 285 g/mol. The Kier molecular flexibility index (Phi) is 3.49. The first-order valence-electron chi connectivity index (χ1n) is 5.21. The molecule has 0 saturated carbocycles. The number of anilines is 1. The number of benzene rings is 2. The van der Waals surface area contributed by atoms with E-state index in [1.807, 2.05) is 0 Å². The molecule has 2 aromatic rings. The summed E-state index contributed by atoms with van der Waals surface area (Å²) in [4.78, 5) is 13.1. The molecule has 0 bridgehead atoms. The molecule has 1 aliphatic rings. The van der Waals surface area contributed by atoms with Crippen LogP contribution in [0.25, 0.3) is 10.8 Å². The van der Waals surface area contributed by atoms with E-state index >= 15 is 0 Å². The Hall–Kier alpha value is -0.920. The summed E-state index contributed by atoms with van der Waals surface area (Å²) in [6.45, 7) is 0. The fourth-order valence-electron chi connectivity index (χ4n) is 2.33. The van der Waals surface area contributed by atoms with Crippen LogP contribution >= 0.6 is 0 Å². The second-order valence-electron chi connectivity index (χ2n) is 4.13. The number of carbonyl (C=O) groups is 1. The summed E-state index contributed by atoms with van der Waals surface area (Å²) in [6.07, 6.45) is 0. The molecule has 0 aromatic heterocycles. The van der Waals surface area contributed by atoms with Crippen molar-refractivity contribution in [3.05, 3.63) is 35.9 Å². The molecule has 1 amide bonds. The molecule has 5 nitrogen and oxygen atoms in total. The third-order valence-corrected chi connectivity index (χ3v) is 4.04. The summed E-state index contributed by atoms with van der Waals surface area (Å²) in [5, 5.41) is 0.833. The standard InChI is InChI=1S/C12H9NO4S.Na/c1-13-9-5-6-10(18(15,16)17)7-3-2-4-8(11(7)9)12(13)14;/h2-6H,1H3,(H,15,16,17);/q;+1/p-1. The number of nitrogens with zero attached hydrogens (tertiary/aromatic N) is 1. The van der Waals surface area contributed by atoms with Crippen LogP contribution in [0.3, 0.4) is 0 Å². The molecule has 0 radical (unpaired) electrons. The summed E-state index contributed by atoms with van der Waals surface area (Å²) >= 11 is 0. The van der Waals surface area contributed by atoms with Crippen molar-refractivity contribution in [1.29, 1.82) is 0 Å². The van der Waals surface area contributed by atoms with Crippen molar-refractivity contribution in [1.82, 2.24) is 0 Å². The Morgan fingerprint density at radius 2 is 1.84 bits per heavy atom. The van der Waals surface area contributed by atoms with E-state index in [9.17, 15) is 17.8 Å². The second kappa shape index (κ2) is 4.57. The average molecular weight is 285 g/mol. The minimum absolute atomic E-state index is 0. The topological polar surface area (TPSA) is 77.5 Å². The molecule has 0 fully saturated rings. The smallest absolute Gasteiger partial charge is 0.744 e. The summed E-state index contributed by atoms with van der Waals surface area (Å²) in [5.41, 5.74) is 1.05. The summed E-state index contributed by atoms with van der Waals surface area (Å²) in [7, 11) is -2.94. The zero-order valence-electron chi connectivity index (χ0n) is 10.4. The van der Waals surface area contributed by atoms with E-state index in [-0.39, 0.29) is 40.4 Å². The van der Waals surface area contributed by atoms with Crippen molar-refractivity contribution in [3.8, 4) is 0 Å². The predicted molar refractivity (Wildman–Crippen MR) is 64.6 cm³/mol. The molecule has 0 spiro atoms. The number of carbonyl (C=O) groups excluding carboxylic acids is 1. The Bertz CT molecular complexity index is 801. The van der Waals surface area contributed by atoms with Crippen LogP contribution < -0.4 is 34.5 Å². The van der Waals surface area contributed by atoms with Gasteiger partial charge in [0.25, 0.3) is 5.91 Å². The van der Waals surface area contributed by atoms with Gasteiger partial charge >= 0.3 is 29.6 Å². The van der Waals surface area contributed by atoms with Gasteiger partial charge in [0.2, 0.25) is 0 Å². The maximum absolute atomic E-state index is 11.9. The molecule has 92 valence electrons. The molecule has 3 rings (SSSR count). The number of rotatable bonds is 1. The van der Waals surface area contributed by atoms with Gasteiger partial charge in [0.1, 0.15) is 10.1 Å². The first-order valence-corrected chi connectivity index (χ1v) is 6.62. The van der Waals surface area contributed by atoms with Gasteiger partial charge in [0.05, 0.1) is 10.6 Å². The van der Waals surface area contributed by atoms with E-state index in [1.54, 1.807) is 25.2 Å². The maximum atomic E-state index is 11.9. The molecule has 0 saturated heterocycles. The van der Waals surface area contributed by atoms with E-state index < -0.39 is 10.1 Å². The largest absolute Gasteiger partial charge is 1.00 e. The van der Waals surface area contributed by atoms with Crippen molar-refractivity contribution >= 4 is 32.5 Å². The number of hydrogen-bond donors (Lipinski definition) is 0. The zero-order valence-corrected chi connectivity index (χ0v) is 13.2. The van der Waals surface area contributed by atoms with Crippen LogP contribution in [0.4, 0.5) is 5.69 Å². The first kappa shape index (κ1) is 14.5. The molecule has 1 aliphatic heterocycles. The molecule has 0 N–H and O–H groups in total. The van der Waals surface area contributed by atoms with Gasteiger partial charge in [-0.25, -0.2) is 8.42 Å². The fraction of sp³-hybridized carbons (Fsp3) is 0.0833. The van der Waals surface area contributed by atoms with Gasteiger partial charge in [-0.2, -0.15) is 0 Å². The normalized spacial score (nSPS) is 13.8. The van der Waals surface area contributed by atoms with E-state index in [0.717, 1.165) is 0 Å². The van der Waals surface area contributed by atoms with Crippen LogP contribution in [-0.4, -0.2) is 25.9 Å². The SMILES string of the molecule is CN1C(=O)c2cccc3c(S(=O)(=O)[O-])ccc1c23.[Na+]. The molecule has 1 heterocycles. The van der Waals surface area contributed by atoms with Crippen molar-refractivity contribution in [2.45, 2.75) is 4.90 Å². The summed E-state index contributed by atoms with van der Waals surface area (Å²) < 4.78 is 33.6. The van der Waals surface area contributed by atoms with Crippen molar-refractivity contribution in [2.24, 2.45) is 0 Å². The van der Waals surface area contributed by atoms with Crippen LogP contribution in [0.1, 0.15) is 10.4 Å². The quantitative estimate of drug-likeness (QED) is 0.464. The molecule has 7 heteroatoms. The zero-order chi connectivity index (χ0) is 13.1. The van der Waals surface area contributed by atoms with E-state index in [0.29, 0.717) is 22.0 Å². The van der Waals surface area contributed by atoms with Crippen molar-refractivity contribution in [3.63, 3.8) is 0 Å². The molecule has 0 aliphatic carbocycles. The number of amides is 1. The summed E-state index contributed by atoms with van der Waals surface area (Å²) in [5.74, 6) is -0.198. The molecule has 0 unspecified atom stereocenters. The third-order valence-electron chi connectivity index (χ3n) is 3.14. The molecular weight excluding hydrogens is 277 g/mol. The molecule has 19 heavy (non-hydrogen) atoms. The van der Waals surface area contributed by atoms with Gasteiger partial charge < -0.3 is 9.45 Å². The van der Waals surface area contributed by atoms with Gasteiger partial charge in [0.15, 0.2) is 0 Å². The van der Waals surface area contributed by atoms with Crippen LogP contribution in [0, 0.1) is 0 Å². The Morgan fingerprint density at radius 3 is 2.47 bits per heavy atom. The van der Waals surface area contributed by atoms with Gasteiger partial charge in [-0.15, -0.1) is 0 Å². The fourth-order valence-corrected chi connectivity index (χ4v) is 3.00. The summed E-state index contributed by atoms with van der Waals surface area (Å²) in [6, 6.07) is 7.48. The van der Waals surface area contributed by atoms with Crippen molar-refractivity contribution in [2.75, 3.05) is 11.9 Å². The second-order valence-corrected chi connectivity index (χ2v) is 5.48. The van der Waals surface area contributed by atoms with E-state index in [1.165, 1.54) is 17.0 Å². The molecular formula is C12H8NNaO4S. The van der Waals surface area contributed by atoms with Crippen LogP contribution in [0.5, 0.6) is 0 Å². The minimum Gasteiger partial charge on any atom is -0.744 e. The minimum atomic E-state index is -4.55. The van der Waals surface area contributed by atoms with Crippen LogP contribution in [0.2, 0.25) is 0 Å². The van der Waals surface area contributed by atoms with Gasteiger partial charge in [0, 0.05) is 23.4 Å². The van der Waals surface area contributed by atoms with Crippen molar-refractivity contribution < 1.29 is 47.3 Å². The Balaban J connectivity index is 0.00000133. The van der Waals surface area contributed by atoms with Gasteiger partial charge in [-0.05, 0) is 18.2 Å². The molecule has 2 aromatic carbocycles. The third kappa shape index (κ3) is 2.00. The average Bonchev–Trinajstić information content (AvgIpc) is 2.56. The molecule has 0 atom stereocenters. The van der Waals surface area contributed by atoms with Crippen LogP contribution in [-0.2, 0) is 10.1 Å². The Morgan fingerprint density at radius 1 is 1.16 bits per heavy atom. The number of hydrogen-bond acceptors (Lipinski definition) is 4. The first-order chi connectivity index (χ1) is 8.41. The predicted octanol–water partition coefficient (Wildman–Crippen LogP) is -1.66. The van der Waals surface area contributed by atoms with Crippen LogP contribution in [0.15, 0.2) is 35.2 Å². The van der Waals surface area contributed by atoms with Gasteiger partial charge in [-0.3, -0.25) is 4.79 Å².